The highest BCUT2D eigenvalue weighted by Gasteiger charge is 2.23. The van der Waals surface area contributed by atoms with Gasteiger partial charge in [-0.3, -0.25) is 9.98 Å². The highest BCUT2D eigenvalue weighted by molar-refractivity contribution is 5.81. The second-order valence-electron chi connectivity index (χ2n) is 9.23. The van der Waals surface area contributed by atoms with Crippen LogP contribution in [0, 0.1) is 0 Å². The maximum atomic E-state index is 4.92. The summed E-state index contributed by atoms with van der Waals surface area (Å²) in [5.74, 6) is 0. The van der Waals surface area contributed by atoms with Crippen LogP contribution in [0.1, 0.15) is 36.8 Å². The summed E-state index contributed by atoms with van der Waals surface area (Å²) in [6.45, 7) is 0. The Labute approximate surface area is 223 Å². The van der Waals surface area contributed by atoms with E-state index in [2.05, 4.69) is 20.5 Å². The molecule has 0 unspecified atom stereocenters. The lowest BCUT2D eigenvalue weighted by atomic mass is 9.91. The molecule has 4 aromatic carbocycles. The Balaban J connectivity index is 1.18. The molecule has 0 heterocycles. The van der Waals surface area contributed by atoms with Gasteiger partial charge >= 0.3 is 0 Å². The maximum Gasteiger partial charge on any atom is 0.0857 e. The Morgan fingerprint density at radius 2 is 0.763 bits per heavy atom. The third-order valence-electron chi connectivity index (χ3n) is 6.38. The topological polar surface area (TPSA) is 74.2 Å². The van der Waals surface area contributed by atoms with Crippen molar-refractivity contribution in [2.75, 3.05) is 0 Å². The fourth-order valence-corrected chi connectivity index (χ4v) is 4.28. The highest BCUT2D eigenvalue weighted by Crippen LogP contribution is 2.25. The minimum atomic E-state index is 0.191. The molecule has 0 N–H and O–H groups in total. The van der Waals surface area contributed by atoms with E-state index in [1.165, 1.54) is 12.8 Å². The molecule has 1 aliphatic rings. The lowest BCUT2D eigenvalue weighted by molar-refractivity contribution is 0.390. The summed E-state index contributed by atoms with van der Waals surface area (Å²) in [7, 11) is 0. The van der Waals surface area contributed by atoms with E-state index in [9.17, 15) is 0 Å². The fraction of sp³-hybridized carbons (Fsp3) is 0.188. The highest BCUT2D eigenvalue weighted by atomic mass is 15.1. The van der Waals surface area contributed by atoms with Gasteiger partial charge in [0.2, 0.25) is 0 Å². The quantitative estimate of drug-likeness (QED) is 0.171. The van der Waals surface area contributed by atoms with Crippen molar-refractivity contribution < 1.29 is 0 Å². The minimum absolute atomic E-state index is 0.191. The first-order valence-electron chi connectivity index (χ1n) is 13.0. The third-order valence-corrected chi connectivity index (χ3v) is 6.38. The summed E-state index contributed by atoms with van der Waals surface area (Å²) < 4.78 is 0. The van der Waals surface area contributed by atoms with Crippen LogP contribution in [0.2, 0.25) is 0 Å². The van der Waals surface area contributed by atoms with Gasteiger partial charge in [0.15, 0.2) is 0 Å². The van der Waals surface area contributed by atoms with Crippen LogP contribution < -0.4 is 0 Å². The van der Waals surface area contributed by atoms with Crippen molar-refractivity contribution >= 4 is 35.2 Å². The first kappa shape index (κ1) is 25.1. The van der Waals surface area contributed by atoms with Crippen LogP contribution in [-0.2, 0) is 0 Å². The van der Waals surface area contributed by atoms with Gasteiger partial charge in [-0.15, -0.1) is 0 Å². The predicted molar refractivity (Wildman–Crippen MR) is 155 cm³/mol. The summed E-state index contributed by atoms with van der Waals surface area (Å²) in [6, 6.07) is 35.8. The summed E-state index contributed by atoms with van der Waals surface area (Å²) in [5.41, 5.74) is 5.42. The van der Waals surface area contributed by atoms with Gasteiger partial charge in [-0.2, -0.15) is 20.5 Å². The van der Waals surface area contributed by atoms with Crippen molar-refractivity contribution in [3.05, 3.63) is 120 Å². The van der Waals surface area contributed by atoms with E-state index >= 15 is 0 Å². The molecular weight excluding hydrogens is 468 g/mol. The second-order valence-corrected chi connectivity index (χ2v) is 9.23. The number of hydrogen-bond acceptors (Lipinski definition) is 6. The zero-order valence-corrected chi connectivity index (χ0v) is 21.2. The van der Waals surface area contributed by atoms with Crippen molar-refractivity contribution in [2.24, 2.45) is 30.4 Å². The normalized spacial score (nSPS) is 18.2. The van der Waals surface area contributed by atoms with E-state index in [1.54, 1.807) is 0 Å². The van der Waals surface area contributed by atoms with Gasteiger partial charge in [-0.25, -0.2) is 0 Å². The summed E-state index contributed by atoms with van der Waals surface area (Å²) >= 11 is 0. The van der Waals surface area contributed by atoms with Crippen molar-refractivity contribution in [2.45, 2.75) is 37.8 Å². The molecule has 0 aromatic heterocycles. The molecule has 0 spiro atoms. The van der Waals surface area contributed by atoms with Gasteiger partial charge in [-0.1, -0.05) is 73.5 Å². The van der Waals surface area contributed by atoms with Crippen LogP contribution in [0.3, 0.4) is 0 Å². The molecule has 6 nitrogen and oxygen atoms in total. The predicted octanol–water partition coefficient (Wildman–Crippen LogP) is 9.37. The van der Waals surface area contributed by atoms with Crippen LogP contribution in [0.25, 0.3) is 0 Å². The minimum Gasteiger partial charge on any atom is -0.287 e. The molecule has 38 heavy (non-hydrogen) atoms. The molecule has 6 heteroatoms. The van der Waals surface area contributed by atoms with Gasteiger partial charge in [0, 0.05) is 12.4 Å². The van der Waals surface area contributed by atoms with E-state index in [4.69, 9.17) is 9.98 Å². The Hall–Kier alpha value is -4.58. The Morgan fingerprint density at radius 1 is 0.421 bits per heavy atom. The first-order valence-corrected chi connectivity index (χ1v) is 13.0. The van der Waals surface area contributed by atoms with Gasteiger partial charge in [0.05, 0.1) is 34.8 Å². The lowest BCUT2D eigenvalue weighted by Crippen LogP contribution is -2.27. The molecule has 0 aliphatic heterocycles. The average molecular weight is 499 g/mol. The number of aliphatic imine (C=N–C) groups is 2. The first-order chi connectivity index (χ1) is 18.8. The number of benzene rings is 4. The van der Waals surface area contributed by atoms with Gasteiger partial charge in [0.1, 0.15) is 0 Å². The van der Waals surface area contributed by atoms with Crippen molar-refractivity contribution in [1.82, 2.24) is 0 Å². The molecule has 1 saturated carbocycles. The van der Waals surface area contributed by atoms with Crippen molar-refractivity contribution in [1.29, 1.82) is 0 Å². The van der Waals surface area contributed by atoms with Gasteiger partial charge < -0.3 is 0 Å². The molecule has 0 amide bonds. The van der Waals surface area contributed by atoms with Crippen LogP contribution >= 0.6 is 0 Å². The standard InChI is InChI=1S/C32H30N6/c1-3-9-27(10-4-1)35-37-29-19-15-25(16-20-29)23-33-31-13-7-8-14-32(31)34-24-26-17-21-30(22-18-26)38-36-28-11-5-2-6-12-28/h1-6,9-12,15-24,31-32H,7-8,13-14H2/t31-,32-/m1/s1. The number of hydrogen-bond donors (Lipinski definition) is 0. The van der Waals surface area contributed by atoms with Crippen LogP contribution in [0.15, 0.2) is 140 Å². The molecule has 5 rings (SSSR count). The van der Waals surface area contributed by atoms with Crippen molar-refractivity contribution in [3.8, 4) is 0 Å². The number of azo groups is 2. The van der Waals surface area contributed by atoms with Gasteiger partial charge in [-0.05, 0) is 72.5 Å². The molecule has 0 bridgehead atoms. The van der Waals surface area contributed by atoms with Crippen LogP contribution in [0.5, 0.6) is 0 Å². The van der Waals surface area contributed by atoms with E-state index in [0.29, 0.717) is 0 Å². The summed E-state index contributed by atoms with van der Waals surface area (Å²) in [5, 5.41) is 17.2. The van der Waals surface area contributed by atoms with E-state index in [0.717, 1.165) is 46.7 Å². The summed E-state index contributed by atoms with van der Waals surface area (Å²) in [4.78, 5) is 9.83. The Bertz CT molecular complexity index is 1280. The van der Waals surface area contributed by atoms with E-state index < -0.39 is 0 Å². The largest absolute Gasteiger partial charge is 0.287 e. The third kappa shape index (κ3) is 7.46. The molecule has 0 saturated heterocycles. The molecule has 0 radical (unpaired) electrons. The zero-order chi connectivity index (χ0) is 25.8. The molecular formula is C32H30N6. The number of rotatable bonds is 8. The Kier molecular flexibility index (Phi) is 8.65. The lowest BCUT2D eigenvalue weighted by Gasteiger charge is -2.25. The van der Waals surface area contributed by atoms with E-state index in [-0.39, 0.29) is 12.1 Å². The molecule has 188 valence electrons. The molecule has 4 aromatic rings. The molecule has 1 aliphatic carbocycles. The van der Waals surface area contributed by atoms with Crippen molar-refractivity contribution in [3.63, 3.8) is 0 Å². The van der Waals surface area contributed by atoms with Crippen LogP contribution in [-0.4, -0.2) is 24.5 Å². The smallest absolute Gasteiger partial charge is 0.0857 e. The second kappa shape index (κ2) is 13.1. The van der Waals surface area contributed by atoms with Crippen LogP contribution in [0.4, 0.5) is 22.7 Å². The number of nitrogens with zero attached hydrogens (tertiary/aromatic N) is 6. The maximum absolute atomic E-state index is 4.92. The fourth-order valence-electron chi connectivity index (χ4n) is 4.28. The SMILES string of the molecule is C(=N[C@@H]1CCCC[C@H]1N=Cc1ccc(N=Nc2ccccc2)cc1)c1ccc(N=Nc2ccccc2)cc1. The molecule has 1 fully saturated rings. The Morgan fingerprint density at radius 3 is 1.13 bits per heavy atom. The average Bonchev–Trinajstić information content (AvgIpc) is 2.99. The molecule has 2 atom stereocenters. The monoisotopic (exact) mass is 498 g/mol. The summed E-state index contributed by atoms with van der Waals surface area (Å²) in [6.07, 6.45) is 8.41. The van der Waals surface area contributed by atoms with Gasteiger partial charge in [0.25, 0.3) is 0 Å². The van der Waals surface area contributed by atoms with E-state index in [1.807, 2.05) is 122 Å². The zero-order valence-electron chi connectivity index (χ0n) is 21.2.